The van der Waals surface area contributed by atoms with Crippen molar-refractivity contribution in [3.05, 3.63) is 30.3 Å². The van der Waals surface area contributed by atoms with E-state index in [2.05, 4.69) is 0 Å². The third kappa shape index (κ3) is 2.59. The Morgan fingerprint density at radius 2 is 1.96 bits per heavy atom. The normalized spacial score (nSPS) is 28.0. The minimum Gasteiger partial charge on any atom is -0.444 e. The fraction of sp³-hybridized carbons (Fsp3) is 0.529. The first-order chi connectivity index (χ1) is 10.8. The van der Waals surface area contributed by atoms with Gasteiger partial charge in [-0.1, -0.05) is 18.2 Å². The lowest BCUT2D eigenvalue weighted by Gasteiger charge is -2.22. The van der Waals surface area contributed by atoms with Crippen LogP contribution in [0.4, 0.5) is 4.79 Å². The molecular formula is C17H21NO4S. The lowest BCUT2D eigenvalue weighted by molar-refractivity contribution is -0.120. The van der Waals surface area contributed by atoms with E-state index in [4.69, 9.17) is 4.74 Å². The number of rotatable bonds is 2. The molecule has 23 heavy (non-hydrogen) atoms. The number of amides is 1. The largest absolute Gasteiger partial charge is 0.444 e. The number of carbonyl (C=O) groups is 2. The van der Waals surface area contributed by atoms with E-state index < -0.39 is 27.4 Å². The van der Waals surface area contributed by atoms with Crippen molar-refractivity contribution in [1.29, 1.82) is 0 Å². The van der Waals surface area contributed by atoms with Crippen molar-refractivity contribution in [2.24, 2.45) is 0 Å². The molecule has 1 saturated heterocycles. The molecule has 1 amide bonds. The van der Waals surface area contributed by atoms with Gasteiger partial charge in [0.1, 0.15) is 5.60 Å². The summed E-state index contributed by atoms with van der Waals surface area (Å²) in [5.74, 6) is -0.123. The average molecular weight is 335 g/mol. The Hall–Kier alpha value is -1.69. The van der Waals surface area contributed by atoms with Crippen molar-refractivity contribution in [2.75, 3.05) is 0 Å². The number of nitrogens with zero attached hydrogens (tertiary/aromatic N) is 1. The number of Topliss-reactive ketones (excluding diaryl/α,β-unsaturated/α-hetero) is 1. The Morgan fingerprint density at radius 3 is 2.57 bits per heavy atom. The minimum atomic E-state index is -1.59. The molecule has 0 aromatic heterocycles. The van der Waals surface area contributed by atoms with E-state index in [1.54, 1.807) is 45.0 Å². The van der Waals surface area contributed by atoms with Gasteiger partial charge in [0, 0.05) is 11.3 Å². The molecule has 1 saturated carbocycles. The van der Waals surface area contributed by atoms with Gasteiger partial charge in [0.25, 0.3) is 0 Å². The number of hydrogen-bond donors (Lipinski definition) is 0. The highest BCUT2D eigenvalue weighted by Gasteiger charge is 2.75. The van der Waals surface area contributed by atoms with Crippen LogP contribution in [0.1, 0.15) is 40.0 Å². The second-order valence-corrected chi connectivity index (χ2v) is 8.59. The van der Waals surface area contributed by atoms with Crippen LogP contribution in [-0.4, -0.2) is 37.5 Å². The SMILES string of the molecule is CC(C)(C)OC(=O)N1[C@@H]2CCCC(=O)[C@@]21S(=O)c1ccccc1. The monoisotopic (exact) mass is 335 g/mol. The molecule has 3 rings (SSSR count). The molecule has 2 fully saturated rings. The van der Waals surface area contributed by atoms with Gasteiger partial charge in [0.15, 0.2) is 5.78 Å². The van der Waals surface area contributed by atoms with Crippen LogP contribution in [0.25, 0.3) is 0 Å². The summed E-state index contributed by atoms with van der Waals surface area (Å²) in [5.41, 5.74) is -0.651. The molecule has 1 aromatic carbocycles. The minimum absolute atomic E-state index is 0.123. The fourth-order valence-corrected chi connectivity index (χ4v) is 5.09. The van der Waals surface area contributed by atoms with Gasteiger partial charge < -0.3 is 4.74 Å². The third-order valence-electron chi connectivity index (χ3n) is 4.16. The van der Waals surface area contributed by atoms with Crippen molar-refractivity contribution >= 4 is 22.7 Å². The molecule has 0 radical (unpaired) electrons. The first-order valence-electron chi connectivity index (χ1n) is 7.81. The van der Waals surface area contributed by atoms with Gasteiger partial charge in [-0.3, -0.25) is 13.9 Å². The first kappa shape index (κ1) is 16.2. The summed E-state index contributed by atoms with van der Waals surface area (Å²) >= 11 is 0. The van der Waals surface area contributed by atoms with Gasteiger partial charge >= 0.3 is 6.09 Å². The highest BCUT2D eigenvalue weighted by molar-refractivity contribution is 7.87. The van der Waals surface area contributed by atoms with E-state index in [0.29, 0.717) is 17.7 Å². The van der Waals surface area contributed by atoms with Crippen LogP contribution >= 0.6 is 0 Å². The van der Waals surface area contributed by atoms with Crippen LogP contribution < -0.4 is 0 Å². The van der Waals surface area contributed by atoms with Gasteiger partial charge in [-0.25, -0.2) is 4.79 Å². The van der Waals surface area contributed by atoms with E-state index >= 15 is 0 Å². The summed E-state index contributed by atoms with van der Waals surface area (Å²) in [6.45, 7) is 5.34. The molecule has 1 aliphatic heterocycles. The number of benzene rings is 1. The molecular weight excluding hydrogens is 314 g/mol. The zero-order valence-corrected chi connectivity index (χ0v) is 14.4. The molecule has 0 spiro atoms. The first-order valence-corrected chi connectivity index (χ1v) is 8.96. The van der Waals surface area contributed by atoms with Crippen LogP contribution in [0.3, 0.4) is 0 Å². The summed E-state index contributed by atoms with van der Waals surface area (Å²) in [5, 5.41) is 0. The molecule has 5 nitrogen and oxygen atoms in total. The maximum Gasteiger partial charge on any atom is 0.412 e. The smallest absolute Gasteiger partial charge is 0.412 e. The Balaban J connectivity index is 1.95. The number of carbonyl (C=O) groups excluding carboxylic acids is 2. The number of ketones is 1. The topological polar surface area (TPSA) is 63.5 Å². The van der Waals surface area contributed by atoms with Crippen LogP contribution in [-0.2, 0) is 20.3 Å². The average Bonchev–Trinajstić information content (AvgIpc) is 3.17. The molecule has 0 N–H and O–H groups in total. The summed E-state index contributed by atoms with van der Waals surface area (Å²) < 4.78 is 18.5. The maximum absolute atomic E-state index is 13.1. The van der Waals surface area contributed by atoms with Crippen LogP contribution in [0.15, 0.2) is 35.2 Å². The molecule has 3 atom stereocenters. The maximum atomic E-state index is 13.1. The predicted molar refractivity (Wildman–Crippen MR) is 86.3 cm³/mol. The van der Waals surface area contributed by atoms with Gasteiger partial charge in [0.2, 0.25) is 4.87 Å². The Morgan fingerprint density at radius 1 is 1.30 bits per heavy atom. The van der Waals surface area contributed by atoms with Crippen LogP contribution in [0.5, 0.6) is 0 Å². The quantitative estimate of drug-likeness (QED) is 0.780. The van der Waals surface area contributed by atoms with Crippen LogP contribution in [0, 0.1) is 0 Å². The highest BCUT2D eigenvalue weighted by atomic mass is 32.2. The molecule has 1 aliphatic carbocycles. The van der Waals surface area contributed by atoms with Gasteiger partial charge in [-0.05, 0) is 45.7 Å². The van der Waals surface area contributed by atoms with E-state index in [9.17, 15) is 13.8 Å². The van der Waals surface area contributed by atoms with Gasteiger partial charge in [-0.2, -0.15) is 0 Å². The summed E-state index contributed by atoms with van der Waals surface area (Å²) in [6.07, 6.45) is 1.20. The summed E-state index contributed by atoms with van der Waals surface area (Å²) in [4.78, 5) is 25.8. The molecule has 2 aliphatic rings. The Labute approximate surface area is 138 Å². The van der Waals surface area contributed by atoms with E-state index in [1.165, 1.54) is 4.90 Å². The Bertz CT molecular complexity index is 667. The molecule has 6 heteroatoms. The predicted octanol–water partition coefficient (Wildman–Crippen LogP) is 2.86. The lowest BCUT2D eigenvalue weighted by Crippen LogP contribution is -2.40. The lowest BCUT2D eigenvalue weighted by atomic mass is 9.99. The second kappa shape index (κ2) is 5.44. The zero-order valence-electron chi connectivity index (χ0n) is 13.6. The summed E-state index contributed by atoms with van der Waals surface area (Å²) in [6, 6.07) is 8.54. The van der Waals surface area contributed by atoms with Crippen LogP contribution in [0.2, 0.25) is 0 Å². The van der Waals surface area contributed by atoms with Crippen molar-refractivity contribution in [2.45, 2.75) is 61.4 Å². The fourth-order valence-electron chi connectivity index (χ4n) is 3.22. The molecule has 1 unspecified atom stereocenters. The van der Waals surface area contributed by atoms with Gasteiger partial charge in [-0.15, -0.1) is 0 Å². The number of hydrogen-bond acceptors (Lipinski definition) is 4. The highest BCUT2D eigenvalue weighted by Crippen LogP contribution is 2.53. The van der Waals surface area contributed by atoms with E-state index in [0.717, 1.165) is 6.42 Å². The number of likely N-dealkylation sites (tertiary alicyclic amines) is 1. The van der Waals surface area contributed by atoms with Crippen molar-refractivity contribution in [3.63, 3.8) is 0 Å². The molecule has 0 bridgehead atoms. The van der Waals surface area contributed by atoms with Crippen molar-refractivity contribution in [1.82, 2.24) is 4.90 Å². The van der Waals surface area contributed by atoms with Crippen molar-refractivity contribution < 1.29 is 18.5 Å². The van der Waals surface area contributed by atoms with Gasteiger partial charge in [0.05, 0.1) is 16.8 Å². The third-order valence-corrected chi connectivity index (χ3v) is 6.13. The van der Waals surface area contributed by atoms with E-state index in [-0.39, 0.29) is 11.8 Å². The Kier molecular flexibility index (Phi) is 3.83. The molecule has 1 aromatic rings. The van der Waals surface area contributed by atoms with E-state index in [1.807, 2.05) is 6.07 Å². The summed E-state index contributed by atoms with van der Waals surface area (Å²) in [7, 11) is -1.59. The molecule has 1 heterocycles. The zero-order chi connectivity index (χ0) is 16.8. The number of fused-ring (bicyclic) bond motifs is 1. The molecule has 124 valence electrons. The van der Waals surface area contributed by atoms with Crippen molar-refractivity contribution in [3.8, 4) is 0 Å². The standard InChI is InChI=1S/C17H21NO4S/c1-16(2,3)22-15(20)18-13-10-7-11-14(19)17(13,18)23(21)12-8-5-4-6-9-12/h4-6,8-9,13H,7,10-11H2,1-3H3/t13-,17+,18?,23?/m1/s1. The second-order valence-electron chi connectivity index (χ2n) is 6.96. The number of ether oxygens (including phenoxy) is 1.